The van der Waals surface area contributed by atoms with Crippen LogP contribution in [0, 0.1) is 0 Å². The number of anilines is 1. The molecular weight excluding hydrogens is 370 g/mol. The molecule has 0 unspecified atom stereocenters. The van der Waals surface area contributed by atoms with E-state index in [1.165, 1.54) is 5.56 Å². The third kappa shape index (κ3) is 5.20. The molecule has 2 aromatic carbocycles. The molecule has 0 spiro atoms. The van der Waals surface area contributed by atoms with Crippen LogP contribution in [0.25, 0.3) is 0 Å². The van der Waals surface area contributed by atoms with Gasteiger partial charge in [-0.15, -0.1) is 0 Å². The van der Waals surface area contributed by atoms with Crippen LogP contribution in [0.2, 0.25) is 0 Å². The summed E-state index contributed by atoms with van der Waals surface area (Å²) in [4.78, 5) is 6.31. The van der Waals surface area contributed by atoms with Gasteiger partial charge < -0.3 is 19.7 Å². The quantitative estimate of drug-likeness (QED) is 0.597. The summed E-state index contributed by atoms with van der Waals surface area (Å²) in [5.74, 6) is 1.43. The van der Waals surface area contributed by atoms with Crippen molar-refractivity contribution in [3.8, 4) is 11.5 Å². The molecule has 0 aliphatic carbocycles. The Labute approximate surface area is 170 Å². The first-order valence-corrected chi connectivity index (χ1v) is 9.31. The van der Waals surface area contributed by atoms with Gasteiger partial charge in [0, 0.05) is 31.5 Å². The Morgan fingerprint density at radius 1 is 0.964 bits per heavy atom. The molecule has 0 aliphatic heterocycles. The lowest BCUT2D eigenvalue weighted by atomic mass is 10.2. The van der Waals surface area contributed by atoms with E-state index in [2.05, 4.69) is 27.3 Å². The fourth-order valence-electron chi connectivity index (χ4n) is 2.82. The van der Waals surface area contributed by atoms with Crippen molar-refractivity contribution in [3.05, 3.63) is 84.2 Å². The predicted molar refractivity (Wildman–Crippen MR) is 116 cm³/mol. The number of methoxy groups -OCH3 is 2. The normalized spacial score (nSPS) is 10.2. The minimum Gasteiger partial charge on any atom is -0.497 e. The molecule has 5 nitrogen and oxygen atoms in total. The van der Waals surface area contributed by atoms with Crippen LogP contribution < -0.4 is 14.8 Å². The zero-order valence-corrected chi connectivity index (χ0v) is 16.8. The Kier molecular flexibility index (Phi) is 6.81. The van der Waals surface area contributed by atoms with Gasteiger partial charge in [0.2, 0.25) is 0 Å². The van der Waals surface area contributed by atoms with Crippen LogP contribution in [0.3, 0.4) is 0 Å². The van der Waals surface area contributed by atoms with Crippen LogP contribution in [-0.2, 0) is 13.1 Å². The number of nitrogens with zero attached hydrogens (tertiary/aromatic N) is 2. The topological polar surface area (TPSA) is 46.6 Å². The summed E-state index contributed by atoms with van der Waals surface area (Å²) in [5, 5.41) is 3.91. The highest BCUT2D eigenvalue weighted by molar-refractivity contribution is 7.80. The van der Waals surface area contributed by atoms with Crippen LogP contribution in [0.4, 0.5) is 5.69 Å². The second-order valence-electron chi connectivity index (χ2n) is 6.20. The fourth-order valence-corrected chi connectivity index (χ4v) is 3.06. The number of hydrogen-bond donors (Lipinski definition) is 1. The number of aromatic nitrogens is 1. The van der Waals surface area contributed by atoms with Crippen molar-refractivity contribution in [2.24, 2.45) is 0 Å². The molecule has 1 aromatic heterocycles. The van der Waals surface area contributed by atoms with Crippen molar-refractivity contribution in [1.82, 2.24) is 9.88 Å². The number of pyridine rings is 1. The highest BCUT2D eigenvalue weighted by atomic mass is 32.1. The van der Waals surface area contributed by atoms with Gasteiger partial charge in [-0.2, -0.15) is 0 Å². The van der Waals surface area contributed by atoms with E-state index < -0.39 is 0 Å². The number of thiocarbonyl (C=S) groups is 1. The highest BCUT2D eigenvalue weighted by Crippen LogP contribution is 2.29. The summed E-state index contributed by atoms with van der Waals surface area (Å²) < 4.78 is 10.8. The largest absolute Gasteiger partial charge is 0.497 e. The van der Waals surface area contributed by atoms with Crippen molar-refractivity contribution in [1.29, 1.82) is 0 Å². The summed E-state index contributed by atoms with van der Waals surface area (Å²) in [6, 6.07) is 19.8. The van der Waals surface area contributed by atoms with Gasteiger partial charge in [-0.05, 0) is 41.5 Å². The van der Waals surface area contributed by atoms with E-state index in [-0.39, 0.29) is 0 Å². The Hall–Kier alpha value is -3.12. The molecular formula is C22H23N3O2S. The van der Waals surface area contributed by atoms with E-state index in [9.17, 15) is 0 Å². The lowest BCUT2D eigenvalue weighted by Crippen LogP contribution is -2.34. The summed E-state index contributed by atoms with van der Waals surface area (Å²) in [6.07, 6.45) is 3.62. The van der Waals surface area contributed by atoms with Crippen molar-refractivity contribution in [2.45, 2.75) is 13.1 Å². The molecule has 3 rings (SSSR count). The van der Waals surface area contributed by atoms with Gasteiger partial charge in [0.15, 0.2) is 5.11 Å². The van der Waals surface area contributed by atoms with E-state index in [0.717, 1.165) is 17.0 Å². The molecule has 1 heterocycles. The van der Waals surface area contributed by atoms with E-state index >= 15 is 0 Å². The number of ether oxygens (including phenoxy) is 2. The monoisotopic (exact) mass is 393 g/mol. The zero-order valence-electron chi connectivity index (χ0n) is 16.0. The second kappa shape index (κ2) is 9.71. The van der Waals surface area contributed by atoms with Crippen molar-refractivity contribution in [3.63, 3.8) is 0 Å². The van der Waals surface area contributed by atoms with Crippen molar-refractivity contribution < 1.29 is 9.47 Å². The van der Waals surface area contributed by atoms with Crippen LogP contribution in [0.5, 0.6) is 11.5 Å². The first kappa shape index (κ1) is 19.6. The number of hydrogen-bond acceptors (Lipinski definition) is 4. The Balaban J connectivity index is 1.83. The maximum Gasteiger partial charge on any atom is 0.174 e. The molecule has 1 N–H and O–H groups in total. The predicted octanol–water partition coefficient (Wildman–Crippen LogP) is 4.50. The average molecular weight is 394 g/mol. The van der Waals surface area contributed by atoms with Gasteiger partial charge >= 0.3 is 0 Å². The van der Waals surface area contributed by atoms with E-state index in [1.54, 1.807) is 20.4 Å². The van der Waals surface area contributed by atoms with E-state index in [0.29, 0.717) is 24.0 Å². The zero-order chi connectivity index (χ0) is 19.8. The van der Waals surface area contributed by atoms with Crippen molar-refractivity contribution in [2.75, 3.05) is 19.5 Å². The first-order chi connectivity index (χ1) is 13.7. The minimum absolute atomic E-state index is 0.597. The molecule has 0 fully saturated rings. The third-order valence-corrected chi connectivity index (χ3v) is 4.61. The standard InChI is InChI=1S/C22H23N3O2S/c1-26-19-10-11-21(27-2)20(13-19)24-22(28)25(15-17-7-4-3-5-8-17)16-18-9-6-12-23-14-18/h3-14H,15-16H2,1-2H3,(H,24,28). The molecule has 0 radical (unpaired) electrons. The molecule has 0 saturated carbocycles. The SMILES string of the molecule is COc1ccc(OC)c(NC(=S)N(Cc2ccccc2)Cc2cccnc2)c1. The summed E-state index contributed by atoms with van der Waals surface area (Å²) in [6.45, 7) is 1.31. The molecule has 0 amide bonds. The third-order valence-electron chi connectivity index (χ3n) is 4.25. The fraction of sp³-hybridized carbons (Fsp3) is 0.182. The number of nitrogens with one attached hydrogen (secondary N) is 1. The Morgan fingerprint density at radius 3 is 2.39 bits per heavy atom. The summed E-state index contributed by atoms with van der Waals surface area (Å²) in [7, 11) is 3.27. The summed E-state index contributed by atoms with van der Waals surface area (Å²) in [5.41, 5.74) is 3.02. The van der Waals surface area contributed by atoms with E-state index in [4.69, 9.17) is 21.7 Å². The molecule has 6 heteroatoms. The molecule has 28 heavy (non-hydrogen) atoms. The summed E-state index contributed by atoms with van der Waals surface area (Å²) >= 11 is 5.74. The molecule has 3 aromatic rings. The molecule has 0 bridgehead atoms. The van der Waals surface area contributed by atoms with Crippen LogP contribution in [-0.4, -0.2) is 29.2 Å². The Bertz CT molecular complexity index is 863. The smallest absolute Gasteiger partial charge is 0.174 e. The lowest BCUT2D eigenvalue weighted by molar-refractivity contribution is 0.402. The van der Waals surface area contributed by atoms with Gasteiger partial charge in [-0.25, -0.2) is 0 Å². The molecule has 0 atom stereocenters. The minimum atomic E-state index is 0.597. The Morgan fingerprint density at radius 2 is 1.71 bits per heavy atom. The number of benzene rings is 2. The van der Waals surface area contributed by atoms with Crippen LogP contribution in [0.1, 0.15) is 11.1 Å². The highest BCUT2D eigenvalue weighted by Gasteiger charge is 2.14. The molecule has 0 aliphatic rings. The first-order valence-electron chi connectivity index (χ1n) is 8.90. The van der Waals surface area contributed by atoms with E-state index in [1.807, 2.05) is 54.7 Å². The lowest BCUT2D eigenvalue weighted by Gasteiger charge is -2.26. The number of rotatable bonds is 7. The van der Waals surface area contributed by atoms with Gasteiger partial charge in [0.1, 0.15) is 11.5 Å². The van der Waals surface area contributed by atoms with Gasteiger partial charge in [0.25, 0.3) is 0 Å². The van der Waals surface area contributed by atoms with Gasteiger partial charge in [-0.3, -0.25) is 4.98 Å². The average Bonchev–Trinajstić information content (AvgIpc) is 2.74. The van der Waals surface area contributed by atoms with Gasteiger partial charge in [0.05, 0.1) is 19.9 Å². The van der Waals surface area contributed by atoms with Gasteiger partial charge in [-0.1, -0.05) is 36.4 Å². The second-order valence-corrected chi connectivity index (χ2v) is 6.59. The van der Waals surface area contributed by atoms with Crippen LogP contribution in [0.15, 0.2) is 73.1 Å². The maximum atomic E-state index is 5.74. The van der Waals surface area contributed by atoms with Crippen LogP contribution >= 0.6 is 12.2 Å². The molecule has 0 saturated heterocycles. The van der Waals surface area contributed by atoms with Crippen molar-refractivity contribution >= 4 is 23.0 Å². The molecule has 144 valence electrons. The maximum absolute atomic E-state index is 5.74.